The maximum absolute atomic E-state index is 13.0. The molecule has 1 atom stereocenters. The number of carbonyl (C=O) groups excluding carboxylic acids is 3. The number of urea groups is 1. The number of morpholine rings is 2. The quantitative estimate of drug-likeness (QED) is 0.359. The van der Waals surface area contributed by atoms with Crippen molar-refractivity contribution in [2.75, 3.05) is 79.6 Å². The van der Waals surface area contributed by atoms with Crippen molar-refractivity contribution >= 4 is 41.1 Å². The number of hydrogen-bond acceptors (Lipinski definition) is 10. The molecule has 2 aromatic carbocycles. The van der Waals surface area contributed by atoms with Gasteiger partial charge in [0.25, 0.3) is 5.91 Å². The summed E-state index contributed by atoms with van der Waals surface area (Å²) in [4.78, 5) is 57.6. The summed E-state index contributed by atoms with van der Waals surface area (Å²) < 4.78 is 11.0. The highest BCUT2D eigenvalue weighted by Gasteiger charge is 2.31. The van der Waals surface area contributed by atoms with Gasteiger partial charge in [0.1, 0.15) is 6.04 Å². The Labute approximate surface area is 260 Å². The van der Waals surface area contributed by atoms with Gasteiger partial charge in [-0.05, 0) is 67.8 Å². The molecule has 45 heavy (non-hydrogen) atoms. The minimum Gasteiger partial charge on any atom is -0.378 e. The van der Waals surface area contributed by atoms with Crippen molar-refractivity contribution in [2.24, 2.45) is 5.73 Å². The highest BCUT2D eigenvalue weighted by Crippen LogP contribution is 2.25. The summed E-state index contributed by atoms with van der Waals surface area (Å²) in [5, 5.41) is 5.61. The summed E-state index contributed by atoms with van der Waals surface area (Å²) in [5.74, 6) is 1.03. The van der Waals surface area contributed by atoms with Crippen molar-refractivity contribution in [2.45, 2.75) is 25.3 Å². The molecule has 0 spiro atoms. The van der Waals surface area contributed by atoms with Crippen LogP contribution in [0.1, 0.15) is 29.6 Å². The molecule has 6 rings (SSSR count). The number of carbonyl (C=O) groups is 3. The minimum atomic E-state index is -0.593. The number of nitrogens with zero attached hydrogens (tertiary/aromatic N) is 6. The Bertz CT molecular complexity index is 1470. The number of nitrogens with two attached hydrogens (primary N) is 1. The maximum Gasteiger partial charge on any atom is 0.323 e. The number of likely N-dealkylation sites (tertiary alicyclic amines) is 1. The van der Waals surface area contributed by atoms with Crippen molar-refractivity contribution in [1.82, 2.24) is 19.9 Å². The minimum absolute atomic E-state index is 0.248. The number of benzene rings is 2. The standard InChI is InChI=1S/C31H37N9O5/c32-26(41)25-3-1-2-12-40(25)28(42)22-6-10-24(11-7-22)34-31(43)33-23-8-4-21(5-9-23)27-35-29(38-13-17-44-18-14-38)37-30(36-27)39-15-19-45-20-16-39/h4-11,25H,1-3,12-20H2,(H2,32,41)(H2,33,34,43). The molecule has 0 aliphatic carbocycles. The van der Waals surface area contributed by atoms with E-state index in [9.17, 15) is 14.4 Å². The van der Waals surface area contributed by atoms with Gasteiger partial charge in [-0.25, -0.2) is 4.79 Å². The first-order valence-corrected chi connectivity index (χ1v) is 15.2. The first-order chi connectivity index (χ1) is 21.9. The third-order valence-electron chi connectivity index (χ3n) is 8.08. The molecule has 4 amide bonds. The van der Waals surface area contributed by atoms with Gasteiger partial charge in [-0.1, -0.05) is 0 Å². The second kappa shape index (κ2) is 13.9. The predicted octanol–water partition coefficient (Wildman–Crippen LogP) is 2.34. The van der Waals surface area contributed by atoms with Gasteiger partial charge < -0.3 is 40.5 Å². The Morgan fingerprint density at radius 3 is 1.78 bits per heavy atom. The van der Waals surface area contributed by atoms with Gasteiger partial charge in [0.15, 0.2) is 5.82 Å². The van der Waals surface area contributed by atoms with E-state index in [4.69, 9.17) is 30.2 Å². The van der Waals surface area contributed by atoms with Gasteiger partial charge in [-0.15, -0.1) is 0 Å². The van der Waals surface area contributed by atoms with Crippen LogP contribution in [0.25, 0.3) is 11.4 Å². The molecule has 1 unspecified atom stereocenters. The average Bonchev–Trinajstić information content (AvgIpc) is 3.09. The Morgan fingerprint density at radius 1 is 0.711 bits per heavy atom. The number of rotatable bonds is 7. The van der Waals surface area contributed by atoms with Crippen LogP contribution in [0.2, 0.25) is 0 Å². The molecular formula is C31H37N9O5. The third-order valence-corrected chi connectivity index (χ3v) is 8.08. The number of aromatic nitrogens is 3. The van der Waals surface area contributed by atoms with Crippen LogP contribution in [0.3, 0.4) is 0 Å². The van der Waals surface area contributed by atoms with E-state index < -0.39 is 18.0 Å². The van der Waals surface area contributed by atoms with E-state index in [1.54, 1.807) is 36.4 Å². The van der Waals surface area contributed by atoms with Crippen molar-refractivity contribution < 1.29 is 23.9 Å². The topological polar surface area (TPSA) is 168 Å². The fraction of sp³-hybridized carbons (Fsp3) is 0.419. The molecule has 4 N–H and O–H groups in total. The van der Waals surface area contributed by atoms with Crippen molar-refractivity contribution in [1.29, 1.82) is 0 Å². The molecule has 0 bridgehead atoms. The number of amides is 4. The fourth-order valence-corrected chi connectivity index (χ4v) is 5.62. The van der Waals surface area contributed by atoms with E-state index in [1.807, 2.05) is 12.1 Å². The lowest BCUT2D eigenvalue weighted by atomic mass is 10.0. The maximum atomic E-state index is 13.0. The monoisotopic (exact) mass is 615 g/mol. The van der Waals surface area contributed by atoms with Gasteiger partial charge in [-0.3, -0.25) is 9.59 Å². The second-order valence-corrected chi connectivity index (χ2v) is 11.1. The zero-order valence-electron chi connectivity index (χ0n) is 25.0. The van der Waals surface area contributed by atoms with Crippen molar-refractivity contribution in [3.05, 3.63) is 54.1 Å². The van der Waals surface area contributed by atoms with E-state index in [0.717, 1.165) is 18.4 Å². The summed E-state index contributed by atoms with van der Waals surface area (Å²) in [7, 11) is 0. The van der Waals surface area contributed by atoms with E-state index in [1.165, 1.54) is 4.90 Å². The Hall–Kier alpha value is -4.82. The van der Waals surface area contributed by atoms with Gasteiger partial charge in [0.2, 0.25) is 17.8 Å². The van der Waals surface area contributed by atoms with Crippen molar-refractivity contribution in [3.63, 3.8) is 0 Å². The highest BCUT2D eigenvalue weighted by molar-refractivity contribution is 6.01. The summed E-state index contributed by atoms with van der Waals surface area (Å²) in [6.07, 6.45) is 2.26. The lowest BCUT2D eigenvalue weighted by Crippen LogP contribution is -2.50. The molecule has 3 aromatic rings. The summed E-state index contributed by atoms with van der Waals surface area (Å²) in [6, 6.07) is 12.8. The van der Waals surface area contributed by atoms with Crippen LogP contribution >= 0.6 is 0 Å². The predicted molar refractivity (Wildman–Crippen MR) is 168 cm³/mol. The average molecular weight is 616 g/mol. The number of piperidine rings is 1. The van der Waals surface area contributed by atoms with Crippen LogP contribution in [-0.4, -0.2) is 103 Å². The van der Waals surface area contributed by atoms with Crippen LogP contribution in [0.15, 0.2) is 48.5 Å². The Kier molecular flexibility index (Phi) is 9.31. The smallest absolute Gasteiger partial charge is 0.323 e. The first kappa shape index (κ1) is 30.2. The summed E-state index contributed by atoms with van der Waals surface area (Å²) in [5.41, 5.74) is 7.83. The molecule has 4 heterocycles. The third kappa shape index (κ3) is 7.29. The van der Waals surface area contributed by atoms with E-state index in [2.05, 4.69) is 20.4 Å². The van der Waals surface area contributed by atoms with Gasteiger partial charge in [-0.2, -0.15) is 15.0 Å². The van der Waals surface area contributed by atoms with Crippen molar-refractivity contribution in [3.8, 4) is 11.4 Å². The Balaban J connectivity index is 1.10. The molecule has 3 fully saturated rings. The number of anilines is 4. The fourth-order valence-electron chi connectivity index (χ4n) is 5.62. The van der Waals surface area contributed by atoms with Crippen LogP contribution in [0.4, 0.5) is 28.1 Å². The second-order valence-electron chi connectivity index (χ2n) is 11.1. The zero-order chi connectivity index (χ0) is 31.2. The van der Waals surface area contributed by atoms with Crippen LogP contribution in [0, 0.1) is 0 Å². The van der Waals surface area contributed by atoms with Gasteiger partial charge in [0, 0.05) is 55.2 Å². The van der Waals surface area contributed by atoms with E-state index in [0.29, 0.717) is 100 Å². The van der Waals surface area contributed by atoms with E-state index >= 15 is 0 Å². The lowest BCUT2D eigenvalue weighted by Gasteiger charge is -2.33. The first-order valence-electron chi connectivity index (χ1n) is 15.2. The summed E-state index contributed by atoms with van der Waals surface area (Å²) in [6.45, 7) is 5.79. The molecule has 0 saturated carbocycles. The molecule has 0 radical (unpaired) electrons. The van der Waals surface area contributed by atoms with E-state index in [-0.39, 0.29) is 5.91 Å². The van der Waals surface area contributed by atoms with Crippen LogP contribution < -0.4 is 26.2 Å². The number of ether oxygens (including phenoxy) is 2. The highest BCUT2D eigenvalue weighted by atomic mass is 16.5. The molecule has 14 heteroatoms. The van der Waals surface area contributed by atoms with Crippen LogP contribution in [-0.2, 0) is 14.3 Å². The SMILES string of the molecule is NC(=O)C1CCCCN1C(=O)c1ccc(NC(=O)Nc2ccc(-c3nc(N4CCOCC4)nc(N4CCOCC4)n3)cc2)cc1. The normalized spacial score (nSPS) is 18.8. The van der Waals surface area contributed by atoms with Crippen LogP contribution in [0.5, 0.6) is 0 Å². The summed E-state index contributed by atoms with van der Waals surface area (Å²) >= 11 is 0. The molecular weight excluding hydrogens is 578 g/mol. The molecule has 14 nitrogen and oxygen atoms in total. The van der Waals surface area contributed by atoms with Gasteiger partial charge in [0.05, 0.1) is 26.4 Å². The Morgan fingerprint density at radius 2 is 1.24 bits per heavy atom. The molecule has 3 aliphatic rings. The lowest BCUT2D eigenvalue weighted by molar-refractivity contribution is -0.123. The zero-order valence-corrected chi connectivity index (χ0v) is 25.0. The molecule has 236 valence electrons. The van der Waals surface area contributed by atoms with Gasteiger partial charge >= 0.3 is 6.03 Å². The molecule has 1 aromatic heterocycles. The number of hydrogen-bond donors (Lipinski definition) is 3. The molecule has 3 aliphatic heterocycles. The number of primary amides is 1. The number of nitrogens with one attached hydrogen (secondary N) is 2. The molecule has 3 saturated heterocycles. The largest absolute Gasteiger partial charge is 0.378 e.